The molecule has 1 aliphatic heterocycles. The largest absolute Gasteiger partial charge is 0.354 e. The topological polar surface area (TPSA) is 52.7 Å². The van der Waals surface area contributed by atoms with Crippen LogP contribution in [0.1, 0.15) is 68.1 Å². The molecule has 1 unspecified atom stereocenters. The zero-order valence-electron chi connectivity index (χ0n) is 18.5. The van der Waals surface area contributed by atoms with E-state index < -0.39 is 0 Å². The van der Waals surface area contributed by atoms with E-state index in [2.05, 4.69) is 10.2 Å². The van der Waals surface area contributed by atoms with Gasteiger partial charge >= 0.3 is 0 Å². The van der Waals surface area contributed by atoms with Crippen LogP contribution in [0.5, 0.6) is 0 Å². The van der Waals surface area contributed by atoms with Gasteiger partial charge in [0.2, 0.25) is 5.91 Å². The summed E-state index contributed by atoms with van der Waals surface area (Å²) >= 11 is 0. The molecule has 3 aliphatic rings. The van der Waals surface area contributed by atoms with Gasteiger partial charge in [0.15, 0.2) is 0 Å². The number of benzene rings is 1. The number of amides is 2. The van der Waals surface area contributed by atoms with Gasteiger partial charge in [-0.25, -0.2) is 4.39 Å². The number of piperazine rings is 1. The molecule has 2 amide bonds. The number of carbonyl (C=O) groups is 2. The fourth-order valence-electron chi connectivity index (χ4n) is 5.67. The van der Waals surface area contributed by atoms with Crippen LogP contribution in [-0.4, -0.2) is 60.4 Å². The third kappa shape index (κ3) is 5.65. The zero-order chi connectivity index (χ0) is 21.6. The average molecular weight is 430 g/mol. The summed E-state index contributed by atoms with van der Waals surface area (Å²) in [6.45, 7) is 3.45. The van der Waals surface area contributed by atoms with Crippen LogP contribution < -0.4 is 5.32 Å². The zero-order valence-corrected chi connectivity index (χ0v) is 18.5. The Balaban J connectivity index is 1.34. The van der Waals surface area contributed by atoms with Crippen molar-refractivity contribution >= 4 is 11.8 Å². The van der Waals surface area contributed by atoms with E-state index in [0.717, 1.165) is 19.4 Å². The van der Waals surface area contributed by atoms with E-state index in [4.69, 9.17) is 0 Å². The molecule has 0 spiro atoms. The van der Waals surface area contributed by atoms with Gasteiger partial charge in [-0.1, -0.05) is 32.1 Å². The van der Waals surface area contributed by atoms with Gasteiger partial charge in [-0.15, -0.1) is 0 Å². The van der Waals surface area contributed by atoms with Crippen molar-refractivity contribution < 1.29 is 14.0 Å². The summed E-state index contributed by atoms with van der Waals surface area (Å²) in [5.74, 6) is 0.854. The van der Waals surface area contributed by atoms with Crippen LogP contribution in [0.25, 0.3) is 0 Å². The fourth-order valence-corrected chi connectivity index (χ4v) is 5.67. The van der Waals surface area contributed by atoms with E-state index in [1.807, 2.05) is 4.90 Å². The predicted octanol–water partition coefficient (Wildman–Crippen LogP) is 3.84. The molecule has 1 aromatic rings. The molecular formula is C25H36FN3O2. The van der Waals surface area contributed by atoms with Gasteiger partial charge < -0.3 is 10.2 Å². The lowest BCUT2D eigenvalue weighted by Crippen LogP contribution is -2.58. The quantitative estimate of drug-likeness (QED) is 0.748. The van der Waals surface area contributed by atoms with Gasteiger partial charge in [0.25, 0.3) is 5.91 Å². The summed E-state index contributed by atoms with van der Waals surface area (Å²) < 4.78 is 13.2. The summed E-state index contributed by atoms with van der Waals surface area (Å²) in [5, 5.41) is 3.30. The van der Waals surface area contributed by atoms with Gasteiger partial charge in [-0.05, 0) is 61.8 Å². The maximum atomic E-state index is 13.3. The highest BCUT2D eigenvalue weighted by atomic mass is 19.1. The molecule has 6 heteroatoms. The molecule has 170 valence electrons. The van der Waals surface area contributed by atoms with Crippen LogP contribution in [-0.2, 0) is 4.79 Å². The third-order valence-corrected chi connectivity index (χ3v) is 7.49. The van der Waals surface area contributed by atoms with E-state index in [9.17, 15) is 14.0 Å². The highest BCUT2D eigenvalue weighted by Gasteiger charge is 2.37. The minimum absolute atomic E-state index is 0.0567. The first kappa shape index (κ1) is 22.3. The normalized spacial score (nSPS) is 22.4. The Kier molecular flexibility index (Phi) is 7.59. The molecule has 2 saturated carbocycles. The van der Waals surface area contributed by atoms with E-state index in [-0.39, 0.29) is 23.7 Å². The highest BCUT2D eigenvalue weighted by Crippen LogP contribution is 2.31. The molecule has 0 aromatic heterocycles. The van der Waals surface area contributed by atoms with Crippen molar-refractivity contribution in [3.05, 3.63) is 35.6 Å². The van der Waals surface area contributed by atoms with Crippen molar-refractivity contribution in [2.75, 3.05) is 32.7 Å². The third-order valence-electron chi connectivity index (χ3n) is 7.49. The second kappa shape index (κ2) is 10.6. The van der Waals surface area contributed by atoms with E-state index >= 15 is 0 Å². The van der Waals surface area contributed by atoms with Crippen molar-refractivity contribution in [2.24, 2.45) is 11.8 Å². The molecule has 0 radical (unpaired) electrons. The van der Waals surface area contributed by atoms with Gasteiger partial charge in [-0.3, -0.25) is 14.5 Å². The lowest BCUT2D eigenvalue weighted by Gasteiger charge is -2.41. The van der Waals surface area contributed by atoms with E-state index in [1.54, 1.807) is 12.1 Å². The maximum Gasteiger partial charge on any atom is 0.253 e. The Morgan fingerprint density at radius 3 is 2.16 bits per heavy atom. The molecule has 5 nitrogen and oxygen atoms in total. The van der Waals surface area contributed by atoms with E-state index in [0.29, 0.717) is 43.6 Å². The monoisotopic (exact) mass is 429 g/mol. The maximum absolute atomic E-state index is 13.3. The summed E-state index contributed by atoms with van der Waals surface area (Å²) in [4.78, 5) is 30.2. The highest BCUT2D eigenvalue weighted by molar-refractivity contribution is 5.94. The molecule has 2 aliphatic carbocycles. The fraction of sp³-hybridized carbons (Fsp3) is 0.680. The first-order chi connectivity index (χ1) is 15.1. The molecule has 31 heavy (non-hydrogen) atoms. The number of hydrogen-bond acceptors (Lipinski definition) is 3. The van der Waals surface area contributed by atoms with Gasteiger partial charge in [0.05, 0.1) is 6.04 Å². The first-order valence-corrected chi connectivity index (χ1v) is 12.2. The van der Waals surface area contributed by atoms with Gasteiger partial charge in [0, 0.05) is 38.3 Å². The van der Waals surface area contributed by atoms with Gasteiger partial charge in [0.1, 0.15) is 5.82 Å². The number of carbonyl (C=O) groups excluding carboxylic acids is 2. The SMILES string of the molecule is O=C(NCC1CCCCC1)C(C1CCCC1)N1CCN(C(=O)c2ccc(F)cc2)CC1. The molecule has 1 heterocycles. The molecule has 1 atom stereocenters. The molecule has 1 saturated heterocycles. The van der Waals surface area contributed by atoms with Crippen molar-refractivity contribution in [3.8, 4) is 0 Å². The smallest absolute Gasteiger partial charge is 0.253 e. The van der Waals surface area contributed by atoms with Gasteiger partial charge in [-0.2, -0.15) is 0 Å². The second-order valence-corrected chi connectivity index (χ2v) is 9.57. The minimum atomic E-state index is -0.333. The summed E-state index contributed by atoms with van der Waals surface area (Å²) in [6, 6.07) is 5.68. The van der Waals surface area contributed by atoms with Crippen LogP contribution in [0.4, 0.5) is 4.39 Å². The number of nitrogens with one attached hydrogen (secondary N) is 1. The lowest BCUT2D eigenvalue weighted by atomic mass is 9.89. The van der Waals surface area contributed by atoms with Crippen LogP contribution in [0.3, 0.4) is 0 Å². The van der Waals surface area contributed by atoms with Crippen molar-refractivity contribution in [1.82, 2.24) is 15.1 Å². The van der Waals surface area contributed by atoms with Crippen LogP contribution in [0.2, 0.25) is 0 Å². The minimum Gasteiger partial charge on any atom is -0.354 e. The van der Waals surface area contributed by atoms with Crippen LogP contribution in [0, 0.1) is 17.7 Å². The average Bonchev–Trinajstić information content (AvgIpc) is 3.33. The molecule has 1 aromatic carbocycles. The number of rotatable bonds is 6. The van der Waals surface area contributed by atoms with Crippen LogP contribution in [0.15, 0.2) is 24.3 Å². The molecular weight excluding hydrogens is 393 g/mol. The Labute approximate surface area is 185 Å². The number of halogens is 1. The second-order valence-electron chi connectivity index (χ2n) is 9.57. The van der Waals surface area contributed by atoms with Crippen molar-refractivity contribution in [2.45, 2.75) is 63.8 Å². The number of hydrogen-bond donors (Lipinski definition) is 1. The van der Waals surface area contributed by atoms with E-state index in [1.165, 1.54) is 57.1 Å². The van der Waals surface area contributed by atoms with Crippen molar-refractivity contribution in [3.63, 3.8) is 0 Å². The Bertz CT molecular complexity index is 734. The van der Waals surface area contributed by atoms with Crippen LogP contribution >= 0.6 is 0 Å². The Hall–Kier alpha value is -1.95. The standard InChI is InChI=1S/C25H36FN3O2/c26-22-12-10-21(11-13-22)25(31)29-16-14-28(15-17-29)23(20-8-4-5-9-20)24(30)27-18-19-6-2-1-3-7-19/h10-13,19-20,23H,1-9,14-18H2,(H,27,30). The lowest BCUT2D eigenvalue weighted by molar-refractivity contribution is -0.129. The van der Waals surface area contributed by atoms with Crippen molar-refractivity contribution in [1.29, 1.82) is 0 Å². The molecule has 4 rings (SSSR count). The first-order valence-electron chi connectivity index (χ1n) is 12.2. The summed E-state index contributed by atoms with van der Waals surface area (Å²) in [6.07, 6.45) is 11.0. The molecule has 1 N–H and O–H groups in total. The predicted molar refractivity (Wildman–Crippen MR) is 119 cm³/mol. The summed E-state index contributed by atoms with van der Waals surface area (Å²) in [5.41, 5.74) is 0.521. The Morgan fingerprint density at radius 2 is 1.52 bits per heavy atom. The summed E-state index contributed by atoms with van der Waals surface area (Å²) in [7, 11) is 0. The Morgan fingerprint density at radius 1 is 0.903 bits per heavy atom. The molecule has 3 fully saturated rings. The number of nitrogens with zero attached hydrogens (tertiary/aromatic N) is 2. The molecule has 0 bridgehead atoms.